The summed E-state index contributed by atoms with van der Waals surface area (Å²) in [5, 5.41) is 3.40. The molecule has 0 fully saturated rings. The molecule has 1 heterocycles. The average molecular weight is 371 g/mol. The van der Waals surface area contributed by atoms with Crippen molar-refractivity contribution in [2.75, 3.05) is 11.9 Å². The van der Waals surface area contributed by atoms with Gasteiger partial charge < -0.3 is 10.1 Å². The van der Waals surface area contributed by atoms with Crippen LogP contribution < -0.4 is 5.32 Å². The van der Waals surface area contributed by atoms with Gasteiger partial charge in [-0.15, -0.1) is 0 Å². The first-order chi connectivity index (χ1) is 12.4. The first kappa shape index (κ1) is 18.1. The number of fused-ring (bicyclic) bond motifs is 1. The third kappa shape index (κ3) is 3.63. The smallest absolute Gasteiger partial charge is 0.338 e. The van der Waals surface area contributed by atoms with Gasteiger partial charge in [0.2, 0.25) is 0 Å². The molecule has 1 amide bonds. The Morgan fingerprint density at radius 3 is 2.54 bits per heavy atom. The Morgan fingerprint density at radius 1 is 1.19 bits per heavy atom. The largest absolute Gasteiger partial charge is 0.462 e. The highest BCUT2D eigenvalue weighted by molar-refractivity contribution is 6.54. The number of amides is 1. The fourth-order valence-electron chi connectivity index (χ4n) is 2.58. The van der Waals surface area contributed by atoms with E-state index in [2.05, 4.69) is 10.3 Å². The van der Waals surface area contributed by atoms with Crippen LogP contribution >= 0.6 is 11.6 Å². The standard InChI is InChI=1S/C20H19ClN2O3/c1-11(2)10-26-20(25)13-4-6-14(7-5-13)22-18-15-8-9-16(21)12(3)17(15)23-19(18)24/h4-9,11H,10H2,1-3H3,(H,22,23,24). The van der Waals surface area contributed by atoms with Crippen molar-refractivity contribution in [3.05, 3.63) is 58.1 Å². The molecule has 1 N–H and O–H groups in total. The molecule has 0 radical (unpaired) electrons. The normalized spacial score (nSPS) is 14.5. The Labute approximate surface area is 157 Å². The quantitative estimate of drug-likeness (QED) is 0.803. The molecular weight excluding hydrogens is 352 g/mol. The number of nitrogens with one attached hydrogen (secondary N) is 1. The van der Waals surface area contributed by atoms with Crippen LogP contribution in [0, 0.1) is 12.8 Å². The van der Waals surface area contributed by atoms with Gasteiger partial charge in [0.15, 0.2) is 0 Å². The molecule has 3 rings (SSSR count). The van der Waals surface area contributed by atoms with Crippen molar-refractivity contribution in [2.45, 2.75) is 20.8 Å². The lowest BCUT2D eigenvalue weighted by molar-refractivity contribution is -0.110. The van der Waals surface area contributed by atoms with E-state index in [1.807, 2.05) is 20.8 Å². The Balaban J connectivity index is 1.84. The molecule has 5 nitrogen and oxygen atoms in total. The van der Waals surface area contributed by atoms with Gasteiger partial charge >= 0.3 is 5.97 Å². The number of esters is 1. The molecule has 1 aliphatic heterocycles. The van der Waals surface area contributed by atoms with Crippen molar-refractivity contribution < 1.29 is 14.3 Å². The van der Waals surface area contributed by atoms with Crippen molar-refractivity contribution in [2.24, 2.45) is 10.9 Å². The Morgan fingerprint density at radius 2 is 1.88 bits per heavy atom. The molecule has 0 unspecified atom stereocenters. The minimum Gasteiger partial charge on any atom is -0.462 e. The summed E-state index contributed by atoms with van der Waals surface area (Å²) in [6, 6.07) is 10.2. The summed E-state index contributed by atoms with van der Waals surface area (Å²) >= 11 is 6.11. The minimum absolute atomic E-state index is 0.272. The van der Waals surface area contributed by atoms with Gasteiger partial charge in [-0.05, 0) is 54.8 Å². The lowest BCUT2D eigenvalue weighted by Gasteiger charge is -2.07. The molecular formula is C20H19ClN2O3. The maximum atomic E-state index is 12.3. The van der Waals surface area contributed by atoms with Crippen LogP contribution in [0.2, 0.25) is 5.02 Å². The molecule has 0 saturated heterocycles. The van der Waals surface area contributed by atoms with E-state index in [1.165, 1.54) is 0 Å². The number of nitrogens with zero attached hydrogens (tertiary/aromatic N) is 1. The van der Waals surface area contributed by atoms with Crippen LogP contribution in [-0.2, 0) is 9.53 Å². The second kappa shape index (κ2) is 7.30. The Kier molecular flexibility index (Phi) is 5.09. The van der Waals surface area contributed by atoms with Gasteiger partial charge in [-0.25, -0.2) is 9.79 Å². The van der Waals surface area contributed by atoms with E-state index in [4.69, 9.17) is 16.3 Å². The van der Waals surface area contributed by atoms with E-state index in [0.29, 0.717) is 34.3 Å². The molecule has 26 heavy (non-hydrogen) atoms. The van der Waals surface area contributed by atoms with Gasteiger partial charge in [-0.3, -0.25) is 4.79 Å². The number of anilines is 1. The van der Waals surface area contributed by atoms with Gasteiger partial charge in [0.1, 0.15) is 5.71 Å². The number of benzene rings is 2. The highest BCUT2D eigenvalue weighted by atomic mass is 35.5. The van der Waals surface area contributed by atoms with Crippen LogP contribution in [0.1, 0.15) is 35.3 Å². The second-order valence-electron chi connectivity index (χ2n) is 6.55. The summed E-state index contributed by atoms with van der Waals surface area (Å²) in [4.78, 5) is 28.7. The summed E-state index contributed by atoms with van der Waals surface area (Å²) in [7, 11) is 0. The fourth-order valence-corrected chi connectivity index (χ4v) is 2.74. The first-order valence-electron chi connectivity index (χ1n) is 8.33. The number of hydrogen-bond acceptors (Lipinski definition) is 4. The monoisotopic (exact) mass is 370 g/mol. The van der Waals surface area contributed by atoms with Crippen LogP contribution in [-0.4, -0.2) is 24.2 Å². The molecule has 2 aromatic rings. The maximum Gasteiger partial charge on any atom is 0.338 e. The minimum atomic E-state index is -0.368. The first-order valence-corrected chi connectivity index (χ1v) is 8.71. The van der Waals surface area contributed by atoms with Crippen molar-refractivity contribution >= 4 is 40.6 Å². The number of carbonyl (C=O) groups excluding carboxylic acids is 2. The molecule has 0 aliphatic carbocycles. The van der Waals surface area contributed by atoms with E-state index in [9.17, 15) is 9.59 Å². The third-order valence-electron chi connectivity index (χ3n) is 4.00. The average Bonchev–Trinajstić information content (AvgIpc) is 2.93. The lowest BCUT2D eigenvalue weighted by Crippen LogP contribution is -2.14. The zero-order valence-corrected chi connectivity index (χ0v) is 15.6. The molecule has 2 aromatic carbocycles. The van der Waals surface area contributed by atoms with Gasteiger partial charge in [-0.1, -0.05) is 25.4 Å². The van der Waals surface area contributed by atoms with Crippen LogP contribution in [0.3, 0.4) is 0 Å². The lowest BCUT2D eigenvalue weighted by atomic mass is 10.1. The molecule has 0 saturated carbocycles. The van der Waals surface area contributed by atoms with Crippen molar-refractivity contribution in [3.8, 4) is 0 Å². The van der Waals surface area contributed by atoms with E-state index in [0.717, 1.165) is 11.1 Å². The number of carbonyl (C=O) groups is 2. The van der Waals surface area contributed by atoms with Gasteiger partial charge in [-0.2, -0.15) is 0 Å². The van der Waals surface area contributed by atoms with E-state index in [-0.39, 0.29) is 17.8 Å². The SMILES string of the molecule is Cc1c(Cl)ccc2c1NC(=O)C2=Nc1ccc(C(=O)OCC(C)C)cc1. The Bertz CT molecular complexity index is 902. The number of rotatable bonds is 4. The topological polar surface area (TPSA) is 67.8 Å². The van der Waals surface area contributed by atoms with Crippen LogP contribution in [0.4, 0.5) is 11.4 Å². The van der Waals surface area contributed by atoms with Crippen molar-refractivity contribution in [3.63, 3.8) is 0 Å². The molecule has 6 heteroatoms. The van der Waals surface area contributed by atoms with Crippen LogP contribution in [0.15, 0.2) is 41.4 Å². The zero-order valence-electron chi connectivity index (χ0n) is 14.8. The molecule has 0 bridgehead atoms. The highest BCUT2D eigenvalue weighted by Gasteiger charge is 2.28. The second-order valence-corrected chi connectivity index (χ2v) is 6.96. The summed E-state index contributed by atoms with van der Waals surface area (Å²) in [5.74, 6) is -0.361. The van der Waals surface area contributed by atoms with Gasteiger partial charge in [0.05, 0.1) is 23.5 Å². The van der Waals surface area contributed by atoms with E-state index < -0.39 is 0 Å². The molecule has 0 aromatic heterocycles. The summed E-state index contributed by atoms with van der Waals surface area (Å²) in [5.41, 5.74) is 3.58. The third-order valence-corrected chi connectivity index (χ3v) is 4.41. The van der Waals surface area contributed by atoms with Crippen molar-refractivity contribution in [1.29, 1.82) is 0 Å². The van der Waals surface area contributed by atoms with Gasteiger partial charge in [0, 0.05) is 10.6 Å². The number of hydrogen-bond donors (Lipinski definition) is 1. The predicted molar refractivity (Wildman–Crippen MR) is 103 cm³/mol. The molecule has 0 atom stereocenters. The van der Waals surface area contributed by atoms with E-state index >= 15 is 0 Å². The number of halogens is 1. The summed E-state index contributed by atoms with van der Waals surface area (Å²) < 4.78 is 5.20. The van der Waals surface area contributed by atoms with Gasteiger partial charge in [0.25, 0.3) is 5.91 Å². The van der Waals surface area contributed by atoms with E-state index in [1.54, 1.807) is 36.4 Å². The zero-order chi connectivity index (χ0) is 18.8. The Hall–Kier alpha value is -2.66. The predicted octanol–water partition coefficient (Wildman–Crippen LogP) is 4.53. The molecule has 0 spiro atoms. The number of aliphatic imine (C=N–C) groups is 1. The van der Waals surface area contributed by atoms with Crippen LogP contribution in [0.25, 0.3) is 0 Å². The summed E-state index contributed by atoms with van der Waals surface area (Å²) in [6.07, 6.45) is 0. The molecule has 1 aliphatic rings. The maximum absolute atomic E-state index is 12.3. The summed E-state index contributed by atoms with van der Waals surface area (Å²) in [6.45, 7) is 6.18. The van der Waals surface area contributed by atoms with Crippen LogP contribution in [0.5, 0.6) is 0 Å². The fraction of sp³-hybridized carbons (Fsp3) is 0.250. The molecule has 134 valence electrons. The van der Waals surface area contributed by atoms with Crippen molar-refractivity contribution in [1.82, 2.24) is 0 Å². The highest BCUT2D eigenvalue weighted by Crippen LogP contribution is 2.33. The number of ether oxygens (including phenoxy) is 1.